The van der Waals surface area contributed by atoms with Crippen LogP contribution in [-0.2, 0) is 11.3 Å². The molecule has 0 spiro atoms. The van der Waals surface area contributed by atoms with E-state index in [0.717, 1.165) is 6.42 Å². The van der Waals surface area contributed by atoms with E-state index < -0.39 is 5.82 Å². The average Bonchev–Trinajstić information content (AvgIpc) is 2.37. The molecule has 0 fully saturated rings. The van der Waals surface area contributed by atoms with Crippen LogP contribution in [0.15, 0.2) is 18.2 Å². The molecule has 0 aliphatic carbocycles. The third-order valence-corrected chi connectivity index (χ3v) is 2.86. The van der Waals surface area contributed by atoms with Crippen molar-refractivity contribution in [2.24, 2.45) is 0 Å². The minimum absolute atomic E-state index is 0.0840. The van der Waals surface area contributed by atoms with Crippen molar-refractivity contribution < 1.29 is 9.18 Å². The van der Waals surface area contributed by atoms with Gasteiger partial charge in [-0.05, 0) is 19.4 Å². The zero-order valence-corrected chi connectivity index (χ0v) is 11.4. The number of amides is 1. The van der Waals surface area contributed by atoms with Gasteiger partial charge in [0.05, 0.1) is 11.1 Å². The number of hydrogen-bond acceptors (Lipinski definition) is 2. The third kappa shape index (κ3) is 4.27. The summed E-state index contributed by atoms with van der Waals surface area (Å²) >= 11 is 5.68. The van der Waals surface area contributed by atoms with Gasteiger partial charge in [-0.3, -0.25) is 4.79 Å². The van der Waals surface area contributed by atoms with Crippen LogP contribution in [0.5, 0.6) is 0 Å². The highest BCUT2D eigenvalue weighted by molar-refractivity contribution is 6.30. The van der Waals surface area contributed by atoms with Crippen molar-refractivity contribution in [2.45, 2.75) is 32.9 Å². The van der Waals surface area contributed by atoms with Crippen LogP contribution in [0.4, 0.5) is 4.39 Å². The molecule has 0 radical (unpaired) electrons. The number of carbonyl (C=O) groups excluding carboxylic acids is 1. The van der Waals surface area contributed by atoms with Crippen LogP contribution in [0.3, 0.4) is 0 Å². The van der Waals surface area contributed by atoms with Gasteiger partial charge in [-0.15, -0.1) is 0 Å². The maximum atomic E-state index is 13.6. The predicted molar refractivity (Wildman–Crippen MR) is 71.0 cm³/mol. The molecular formula is C13H18ClFN2O. The molecule has 0 saturated carbocycles. The zero-order chi connectivity index (χ0) is 13.5. The fourth-order valence-corrected chi connectivity index (χ4v) is 1.64. The fourth-order valence-electron chi connectivity index (χ4n) is 1.44. The van der Waals surface area contributed by atoms with Crippen LogP contribution in [0.25, 0.3) is 0 Å². The van der Waals surface area contributed by atoms with Gasteiger partial charge in [0.15, 0.2) is 0 Å². The van der Waals surface area contributed by atoms with Gasteiger partial charge in [-0.2, -0.15) is 0 Å². The molecule has 0 aliphatic heterocycles. The summed E-state index contributed by atoms with van der Waals surface area (Å²) in [6, 6.07) is 4.46. The smallest absolute Gasteiger partial charge is 0.236 e. The maximum Gasteiger partial charge on any atom is 0.236 e. The predicted octanol–water partition coefficient (Wildman–Crippen LogP) is 2.48. The second-order valence-electron chi connectivity index (χ2n) is 4.11. The Hall–Kier alpha value is -1.13. The van der Waals surface area contributed by atoms with Gasteiger partial charge in [0, 0.05) is 18.7 Å². The standard InChI is InChI=1S/C13H18ClFN2O/c1-3-7-16-13(18)9(2)17-8-10-5-4-6-11(14)12(10)15/h4-6,9,17H,3,7-8H2,1-2H3,(H,16,18). The van der Waals surface area contributed by atoms with E-state index >= 15 is 0 Å². The van der Waals surface area contributed by atoms with Gasteiger partial charge < -0.3 is 10.6 Å². The summed E-state index contributed by atoms with van der Waals surface area (Å²) in [6.07, 6.45) is 0.890. The quantitative estimate of drug-likeness (QED) is 0.835. The first-order chi connectivity index (χ1) is 8.56. The van der Waals surface area contributed by atoms with E-state index in [2.05, 4.69) is 10.6 Å². The molecule has 2 N–H and O–H groups in total. The van der Waals surface area contributed by atoms with Gasteiger partial charge in [-0.1, -0.05) is 30.7 Å². The van der Waals surface area contributed by atoms with Crippen molar-refractivity contribution in [3.63, 3.8) is 0 Å². The van der Waals surface area contributed by atoms with Crippen molar-refractivity contribution in [1.82, 2.24) is 10.6 Å². The summed E-state index contributed by atoms with van der Waals surface area (Å²) in [5.41, 5.74) is 0.456. The normalized spacial score (nSPS) is 12.2. The van der Waals surface area contributed by atoms with E-state index in [1.165, 1.54) is 6.07 Å². The van der Waals surface area contributed by atoms with Crippen LogP contribution in [0.2, 0.25) is 5.02 Å². The maximum absolute atomic E-state index is 13.6. The Morgan fingerprint density at radius 1 is 1.50 bits per heavy atom. The first kappa shape index (κ1) is 14.9. The molecule has 0 bridgehead atoms. The third-order valence-electron chi connectivity index (χ3n) is 2.57. The van der Waals surface area contributed by atoms with Crippen molar-refractivity contribution in [3.8, 4) is 0 Å². The number of nitrogens with one attached hydrogen (secondary N) is 2. The molecule has 0 aliphatic rings. The molecule has 18 heavy (non-hydrogen) atoms. The monoisotopic (exact) mass is 272 g/mol. The highest BCUT2D eigenvalue weighted by atomic mass is 35.5. The highest BCUT2D eigenvalue weighted by Crippen LogP contribution is 2.17. The van der Waals surface area contributed by atoms with Crippen LogP contribution in [0.1, 0.15) is 25.8 Å². The zero-order valence-electron chi connectivity index (χ0n) is 10.6. The van der Waals surface area contributed by atoms with E-state index in [-0.39, 0.29) is 23.5 Å². The second kappa shape index (κ2) is 7.34. The Morgan fingerprint density at radius 2 is 2.22 bits per heavy atom. The minimum Gasteiger partial charge on any atom is -0.355 e. The lowest BCUT2D eigenvalue weighted by Gasteiger charge is -2.14. The first-order valence-electron chi connectivity index (χ1n) is 6.00. The van der Waals surface area contributed by atoms with Crippen LogP contribution < -0.4 is 10.6 Å². The van der Waals surface area contributed by atoms with E-state index in [1.54, 1.807) is 19.1 Å². The fraction of sp³-hybridized carbons (Fsp3) is 0.462. The lowest BCUT2D eigenvalue weighted by molar-refractivity contribution is -0.122. The van der Waals surface area contributed by atoms with Crippen molar-refractivity contribution in [1.29, 1.82) is 0 Å². The SMILES string of the molecule is CCCNC(=O)C(C)NCc1cccc(Cl)c1F. The molecule has 3 nitrogen and oxygen atoms in total. The van der Waals surface area contributed by atoms with Gasteiger partial charge >= 0.3 is 0 Å². The lowest BCUT2D eigenvalue weighted by atomic mass is 10.2. The molecule has 0 saturated heterocycles. The number of hydrogen-bond donors (Lipinski definition) is 2. The Labute approximate surface area is 112 Å². The molecule has 1 rings (SSSR count). The molecule has 1 aromatic rings. The molecule has 1 amide bonds. The minimum atomic E-state index is -0.437. The van der Waals surface area contributed by atoms with Crippen molar-refractivity contribution >= 4 is 17.5 Å². The Bertz CT molecular complexity index is 412. The highest BCUT2D eigenvalue weighted by Gasteiger charge is 2.12. The van der Waals surface area contributed by atoms with E-state index in [9.17, 15) is 9.18 Å². The summed E-state index contributed by atoms with van der Waals surface area (Å²) in [4.78, 5) is 11.6. The summed E-state index contributed by atoms with van der Waals surface area (Å²) in [5, 5.41) is 5.83. The van der Waals surface area contributed by atoms with Gasteiger partial charge in [0.2, 0.25) is 5.91 Å². The topological polar surface area (TPSA) is 41.1 Å². The van der Waals surface area contributed by atoms with Crippen molar-refractivity contribution in [3.05, 3.63) is 34.6 Å². The number of benzene rings is 1. The van der Waals surface area contributed by atoms with Gasteiger partial charge in [0.1, 0.15) is 5.82 Å². The molecule has 0 aromatic heterocycles. The Balaban J connectivity index is 2.49. The number of rotatable bonds is 6. The van der Waals surface area contributed by atoms with Gasteiger partial charge in [-0.25, -0.2) is 4.39 Å². The molecule has 1 unspecified atom stereocenters. The summed E-state index contributed by atoms with van der Waals surface area (Å²) in [7, 11) is 0. The molecule has 5 heteroatoms. The molecule has 0 heterocycles. The van der Waals surface area contributed by atoms with Crippen LogP contribution in [-0.4, -0.2) is 18.5 Å². The number of halogens is 2. The molecule has 1 aromatic carbocycles. The van der Waals surface area contributed by atoms with E-state index in [4.69, 9.17) is 11.6 Å². The van der Waals surface area contributed by atoms with E-state index in [0.29, 0.717) is 12.1 Å². The summed E-state index contributed by atoms with van der Waals surface area (Å²) in [5.74, 6) is -0.521. The first-order valence-corrected chi connectivity index (χ1v) is 6.38. The van der Waals surface area contributed by atoms with Crippen LogP contribution >= 0.6 is 11.6 Å². The van der Waals surface area contributed by atoms with Crippen LogP contribution in [0, 0.1) is 5.82 Å². The lowest BCUT2D eigenvalue weighted by Crippen LogP contribution is -2.42. The van der Waals surface area contributed by atoms with Gasteiger partial charge in [0.25, 0.3) is 0 Å². The molecule has 100 valence electrons. The Morgan fingerprint density at radius 3 is 2.89 bits per heavy atom. The average molecular weight is 273 g/mol. The molecular weight excluding hydrogens is 255 g/mol. The van der Waals surface area contributed by atoms with E-state index in [1.807, 2.05) is 6.92 Å². The molecule has 1 atom stereocenters. The summed E-state index contributed by atoms with van der Waals surface area (Å²) in [6.45, 7) is 4.65. The summed E-state index contributed by atoms with van der Waals surface area (Å²) < 4.78 is 13.6. The second-order valence-corrected chi connectivity index (χ2v) is 4.51. The van der Waals surface area contributed by atoms with Crippen molar-refractivity contribution in [2.75, 3.05) is 6.54 Å². The number of carbonyl (C=O) groups is 1. The largest absolute Gasteiger partial charge is 0.355 e. The Kier molecular flexibility index (Phi) is 6.09.